The third kappa shape index (κ3) is 4.39. The number of aromatic nitrogens is 6. The number of nitrogens with one attached hydrogen (secondary N) is 1. The van der Waals surface area contributed by atoms with E-state index in [4.69, 9.17) is 14.2 Å². The monoisotopic (exact) mass is 463 g/mol. The Balaban J connectivity index is 1.72. The molecule has 178 valence electrons. The second kappa shape index (κ2) is 9.42. The summed E-state index contributed by atoms with van der Waals surface area (Å²) in [6.45, 7) is 10.9. The number of ether oxygens (including phenoxy) is 3. The number of rotatable bonds is 9. The van der Waals surface area contributed by atoms with Crippen molar-refractivity contribution < 1.29 is 14.2 Å². The Kier molecular flexibility index (Phi) is 6.40. The van der Waals surface area contributed by atoms with Crippen molar-refractivity contribution in [2.24, 2.45) is 5.92 Å². The molecular weight excluding hydrogens is 434 g/mol. The Labute approximate surface area is 198 Å². The molecule has 0 fully saturated rings. The first-order chi connectivity index (χ1) is 16.3. The average molecular weight is 464 g/mol. The van der Waals surface area contributed by atoms with Gasteiger partial charge in [0.2, 0.25) is 5.75 Å². The number of fused-ring (bicyclic) bond motifs is 1. The zero-order chi connectivity index (χ0) is 24.4. The van der Waals surface area contributed by atoms with Crippen LogP contribution in [-0.4, -0.2) is 50.6 Å². The molecule has 3 aromatic heterocycles. The van der Waals surface area contributed by atoms with Crippen LogP contribution in [0.5, 0.6) is 17.2 Å². The maximum Gasteiger partial charge on any atom is 0.203 e. The van der Waals surface area contributed by atoms with E-state index in [0.29, 0.717) is 40.6 Å². The quantitative estimate of drug-likeness (QED) is 0.388. The van der Waals surface area contributed by atoms with E-state index in [1.54, 1.807) is 33.9 Å². The molecule has 0 saturated heterocycles. The van der Waals surface area contributed by atoms with E-state index in [1.807, 2.05) is 34.5 Å². The van der Waals surface area contributed by atoms with Crippen molar-refractivity contribution in [3.63, 3.8) is 0 Å². The molecule has 4 rings (SSSR count). The van der Waals surface area contributed by atoms with Crippen molar-refractivity contribution in [1.82, 2.24) is 29.3 Å². The standard InChI is InChI=1S/C24H29N7O3/c1-14(2)11-31-24-17(10-26-31)23(28-22(29-24)15(3)4)27-20-12-30(13-25-20)16-8-18(32-5)21(34-7)19(9-16)33-6/h8-10,12-14H,3,11H2,1-2,4-7H3,(H,27,28,29). The predicted octanol–water partition coefficient (Wildman–Crippen LogP) is 4.47. The van der Waals surface area contributed by atoms with Gasteiger partial charge in [-0.1, -0.05) is 20.4 Å². The van der Waals surface area contributed by atoms with Crippen LogP contribution in [0, 0.1) is 5.92 Å². The highest BCUT2D eigenvalue weighted by Crippen LogP contribution is 2.39. The SMILES string of the molecule is C=C(C)c1nc(Nc2cn(-c3cc(OC)c(OC)c(OC)c3)cn2)c2cnn(CC(C)C)c2n1. The number of nitrogens with zero attached hydrogens (tertiary/aromatic N) is 6. The first-order valence-electron chi connectivity index (χ1n) is 10.8. The number of hydrogen-bond donors (Lipinski definition) is 1. The minimum absolute atomic E-state index is 0.428. The van der Waals surface area contributed by atoms with Crippen molar-refractivity contribution in [3.05, 3.63) is 43.3 Å². The highest BCUT2D eigenvalue weighted by Gasteiger charge is 2.17. The molecule has 3 heterocycles. The molecule has 10 nitrogen and oxygen atoms in total. The maximum absolute atomic E-state index is 5.47. The fraction of sp³-hybridized carbons (Fsp3) is 0.333. The van der Waals surface area contributed by atoms with Gasteiger partial charge >= 0.3 is 0 Å². The minimum atomic E-state index is 0.428. The van der Waals surface area contributed by atoms with Crippen LogP contribution in [0.4, 0.5) is 11.6 Å². The van der Waals surface area contributed by atoms with Crippen LogP contribution in [0.2, 0.25) is 0 Å². The fourth-order valence-corrected chi connectivity index (χ4v) is 3.59. The van der Waals surface area contributed by atoms with E-state index < -0.39 is 0 Å². The molecule has 0 unspecified atom stereocenters. The highest BCUT2D eigenvalue weighted by molar-refractivity contribution is 5.89. The topological polar surface area (TPSA) is 101 Å². The lowest BCUT2D eigenvalue weighted by molar-refractivity contribution is 0.324. The van der Waals surface area contributed by atoms with Crippen molar-refractivity contribution in [3.8, 4) is 22.9 Å². The summed E-state index contributed by atoms with van der Waals surface area (Å²) >= 11 is 0. The predicted molar refractivity (Wildman–Crippen MR) is 131 cm³/mol. The Morgan fingerprint density at radius 2 is 1.79 bits per heavy atom. The van der Waals surface area contributed by atoms with Gasteiger partial charge in [-0.25, -0.2) is 19.6 Å². The molecular formula is C24H29N7O3. The number of allylic oxidation sites excluding steroid dienone is 1. The smallest absolute Gasteiger partial charge is 0.203 e. The van der Waals surface area contributed by atoms with E-state index in [9.17, 15) is 0 Å². The Morgan fingerprint density at radius 3 is 2.38 bits per heavy atom. The van der Waals surface area contributed by atoms with E-state index in [0.717, 1.165) is 28.8 Å². The molecule has 0 aliphatic rings. The largest absolute Gasteiger partial charge is 0.493 e. The third-order valence-corrected chi connectivity index (χ3v) is 5.19. The summed E-state index contributed by atoms with van der Waals surface area (Å²) < 4.78 is 20.1. The van der Waals surface area contributed by atoms with Gasteiger partial charge in [0.15, 0.2) is 23.0 Å². The Morgan fingerprint density at radius 1 is 1.09 bits per heavy atom. The summed E-state index contributed by atoms with van der Waals surface area (Å²) in [6, 6.07) is 3.70. The number of imidazole rings is 1. The molecule has 10 heteroatoms. The van der Waals surface area contributed by atoms with Gasteiger partial charge < -0.3 is 24.1 Å². The molecule has 0 aliphatic carbocycles. The summed E-state index contributed by atoms with van der Waals surface area (Å²) in [5.41, 5.74) is 2.33. The zero-order valence-corrected chi connectivity index (χ0v) is 20.3. The molecule has 34 heavy (non-hydrogen) atoms. The van der Waals surface area contributed by atoms with Gasteiger partial charge in [-0.2, -0.15) is 5.10 Å². The molecule has 0 atom stereocenters. The maximum atomic E-state index is 5.47. The second-order valence-electron chi connectivity index (χ2n) is 8.31. The average Bonchev–Trinajstić information content (AvgIpc) is 3.45. The van der Waals surface area contributed by atoms with E-state index in [1.165, 1.54) is 0 Å². The van der Waals surface area contributed by atoms with Crippen LogP contribution < -0.4 is 19.5 Å². The van der Waals surface area contributed by atoms with Gasteiger partial charge in [-0.15, -0.1) is 0 Å². The zero-order valence-electron chi connectivity index (χ0n) is 20.3. The van der Waals surface area contributed by atoms with Crippen molar-refractivity contribution in [2.45, 2.75) is 27.3 Å². The molecule has 1 aromatic carbocycles. The Bertz CT molecular complexity index is 1310. The van der Waals surface area contributed by atoms with Crippen molar-refractivity contribution in [1.29, 1.82) is 0 Å². The van der Waals surface area contributed by atoms with Gasteiger partial charge in [0, 0.05) is 18.7 Å². The molecule has 0 bridgehead atoms. The molecule has 0 radical (unpaired) electrons. The van der Waals surface area contributed by atoms with E-state index in [-0.39, 0.29) is 0 Å². The first-order valence-corrected chi connectivity index (χ1v) is 10.8. The second-order valence-corrected chi connectivity index (χ2v) is 8.31. The highest BCUT2D eigenvalue weighted by atomic mass is 16.5. The van der Waals surface area contributed by atoms with Crippen molar-refractivity contribution in [2.75, 3.05) is 26.6 Å². The van der Waals surface area contributed by atoms with Gasteiger partial charge in [0.25, 0.3) is 0 Å². The summed E-state index contributed by atoms with van der Waals surface area (Å²) in [5.74, 6) is 3.86. The molecule has 0 saturated carbocycles. The van der Waals surface area contributed by atoms with Gasteiger partial charge in [0.1, 0.15) is 18.0 Å². The summed E-state index contributed by atoms with van der Waals surface area (Å²) in [4.78, 5) is 13.9. The van der Waals surface area contributed by atoms with Crippen LogP contribution in [0.1, 0.15) is 26.6 Å². The minimum Gasteiger partial charge on any atom is -0.493 e. The molecule has 0 spiro atoms. The number of anilines is 2. The van der Waals surface area contributed by atoms with E-state index in [2.05, 4.69) is 45.8 Å². The van der Waals surface area contributed by atoms with Crippen LogP contribution >= 0.6 is 0 Å². The lowest BCUT2D eigenvalue weighted by Gasteiger charge is -2.14. The number of hydrogen-bond acceptors (Lipinski definition) is 8. The van der Waals surface area contributed by atoms with Crippen LogP contribution in [-0.2, 0) is 6.54 Å². The summed E-state index contributed by atoms with van der Waals surface area (Å²) in [6.07, 6.45) is 5.33. The molecule has 4 aromatic rings. The number of benzene rings is 1. The Hall–Kier alpha value is -4.08. The number of methoxy groups -OCH3 is 3. The normalized spacial score (nSPS) is 11.1. The van der Waals surface area contributed by atoms with Gasteiger partial charge in [0.05, 0.1) is 44.8 Å². The van der Waals surface area contributed by atoms with E-state index >= 15 is 0 Å². The fourth-order valence-electron chi connectivity index (χ4n) is 3.59. The van der Waals surface area contributed by atoms with Gasteiger partial charge in [-0.3, -0.25) is 0 Å². The summed E-state index contributed by atoms with van der Waals surface area (Å²) in [7, 11) is 4.74. The third-order valence-electron chi connectivity index (χ3n) is 5.19. The lowest BCUT2D eigenvalue weighted by atomic mass is 10.2. The molecule has 0 amide bonds. The lowest BCUT2D eigenvalue weighted by Crippen LogP contribution is -2.08. The van der Waals surface area contributed by atoms with Crippen molar-refractivity contribution >= 4 is 28.2 Å². The van der Waals surface area contributed by atoms with Crippen LogP contribution in [0.15, 0.2) is 37.4 Å². The van der Waals surface area contributed by atoms with Gasteiger partial charge in [-0.05, 0) is 18.4 Å². The first kappa shape index (κ1) is 23.1. The van der Waals surface area contributed by atoms with Crippen LogP contribution in [0.25, 0.3) is 22.3 Å². The van der Waals surface area contributed by atoms with Crippen LogP contribution in [0.3, 0.4) is 0 Å². The summed E-state index contributed by atoms with van der Waals surface area (Å²) in [5, 5.41) is 8.65. The molecule has 1 N–H and O–H groups in total. The molecule has 0 aliphatic heterocycles.